The van der Waals surface area contributed by atoms with Gasteiger partial charge in [-0.3, -0.25) is 4.79 Å². The third-order valence-corrected chi connectivity index (χ3v) is 5.22. The molecule has 5 nitrogen and oxygen atoms in total. The molecule has 144 valence electrons. The number of benzene rings is 1. The fourth-order valence-corrected chi connectivity index (χ4v) is 3.53. The molecule has 2 aromatic rings. The van der Waals surface area contributed by atoms with E-state index in [4.69, 9.17) is 0 Å². The summed E-state index contributed by atoms with van der Waals surface area (Å²) < 4.78 is 0. The normalized spacial score (nSPS) is 15.0. The largest absolute Gasteiger partial charge is 0.356 e. The lowest BCUT2D eigenvalue weighted by Crippen LogP contribution is -2.41. The summed E-state index contributed by atoms with van der Waals surface area (Å²) in [5, 5.41) is 3.08. The SMILES string of the molecule is CCCCCNC(=O)C1CCN(c2ncc(-c3cccc(C)c3)cn2)CC1. The molecule has 1 aromatic carbocycles. The Balaban J connectivity index is 1.51. The summed E-state index contributed by atoms with van der Waals surface area (Å²) >= 11 is 0. The summed E-state index contributed by atoms with van der Waals surface area (Å²) in [5.74, 6) is 1.09. The monoisotopic (exact) mass is 366 g/mol. The van der Waals surface area contributed by atoms with E-state index in [1.165, 1.54) is 18.4 Å². The summed E-state index contributed by atoms with van der Waals surface area (Å²) in [6, 6.07) is 8.36. The van der Waals surface area contributed by atoms with Gasteiger partial charge >= 0.3 is 0 Å². The Morgan fingerprint density at radius 3 is 2.56 bits per heavy atom. The van der Waals surface area contributed by atoms with Crippen molar-refractivity contribution in [3.05, 3.63) is 42.2 Å². The highest BCUT2D eigenvalue weighted by Gasteiger charge is 2.25. The van der Waals surface area contributed by atoms with E-state index in [2.05, 4.69) is 58.3 Å². The van der Waals surface area contributed by atoms with Crippen LogP contribution < -0.4 is 10.2 Å². The number of rotatable bonds is 7. The Labute approximate surface area is 162 Å². The van der Waals surface area contributed by atoms with Crippen LogP contribution in [-0.2, 0) is 4.79 Å². The number of carbonyl (C=O) groups excluding carboxylic acids is 1. The molecule has 1 saturated heterocycles. The molecule has 1 aliphatic rings. The van der Waals surface area contributed by atoms with E-state index in [-0.39, 0.29) is 11.8 Å². The summed E-state index contributed by atoms with van der Waals surface area (Å²) in [6.45, 7) is 6.72. The van der Waals surface area contributed by atoms with E-state index in [0.29, 0.717) is 0 Å². The number of amides is 1. The van der Waals surface area contributed by atoms with Gasteiger partial charge in [0.1, 0.15) is 0 Å². The molecule has 1 aromatic heterocycles. The number of aromatic nitrogens is 2. The molecule has 1 N–H and O–H groups in total. The molecule has 1 aliphatic heterocycles. The molecule has 0 radical (unpaired) electrons. The zero-order valence-electron chi connectivity index (χ0n) is 16.4. The number of piperidine rings is 1. The van der Waals surface area contributed by atoms with E-state index in [1.54, 1.807) is 0 Å². The van der Waals surface area contributed by atoms with Crippen LogP contribution in [0.5, 0.6) is 0 Å². The summed E-state index contributed by atoms with van der Waals surface area (Å²) in [6.07, 6.45) is 8.94. The number of unbranched alkanes of at least 4 members (excludes halogenated alkanes) is 2. The third-order valence-electron chi connectivity index (χ3n) is 5.22. The smallest absolute Gasteiger partial charge is 0.225 e. The molecule has 0 aliphatic carbocycles. The lowest BCUT2D eigenvalue weighted by Gasteiger charge is -2.31. The van der Waals surface area contributed by atoms with Crippen LogP contribution >= 0.6 is 0 Å². The van der Waals surface area contributed by atoms with Crippen LogP contribution in [0.3, 0.4) is 0 Å². The van der Waals surface area contributed by atoms with Crippen LogP contribution in [0.25, 0.3) is 11.1 Å². The first kappa shape index (κ1) is 19.3. The third kappa shape index (κ3) is 5.28. The van der Waals surface area contributed by atoms with Gasteiger partial charge in [-0.15, -0.1) is 0 Å². The van der Waals surface area contributed by atoms with Crippen LogP contribution in [0.2, 0.25) is 0 Å². The van der Waals surface area contributed by atoms with Gasteiger partial charge in [0, 0.05) is 43.5 Å². The van der Waals surface area contributed by atoms with Crippen molar-refractivity contribution in [2.75, 3.05) is 24.5 Å². The Bertz CT molecular complexity index is 736. The van der Waals surface area contributed by atoms with Gasteiger partial charge in [0.15, 0.2) is 0 Å². The van der Waals surface area contributed by atoms with Crippen LogP contribution in [-0.4, -0.2) is 35.5 Å². The number of carbonyl (C=O) groups is 1. The Morgan fingerprint density at radius 1 is 1.15 bits per heavy atom. The maximum atomic E-state index is 12.3. The number of hydrogen-bond acceptors (Lipinski definition) is 4. The van der Waals surface area contributed by atoms with Gasteiger partial charge in [0.05, 0.1) is 0 Å². The average molecular weight is 367 g/mol. The van der Waals surface area contributed by atoms with Crippen LogP contribution in [0, 0.1) is 12.8 Å². The molecule has 1 fully saturated rings. The zero-order chi connectivity index (χ0) is 19.1. The molecule has 1 amide bonds. The summed E-state index contributed by atoms with van der Waals surface area (Å²) in [4.78, 5) is 23.6. The number of nitrogens with zero attached hydrogens (tertiary/aromatic N) is 3. The molecule has 5 heteroatoms. The molecular weight excluding hydrogens is 336 g/mol. The van der Waals surface area contributed by atoms with Crippen molar-refractivity contribution < 1.29 is 4.79 Å². The van der Waals surface area contributed by atoms with Gasteiger partial charge in [-0.1, -0.05) is 49.6 Å². The minimum atomic E-state index is 0.120. The zero-order valence-corrected chi connectivity index (χ0v) is 16.4. The molecule has 2 heterocycles. The number of anilines is 1. The molecule has 0 saturated carbocycles. The second-order valence-corrected chi connectivity index (χ2v) is 7.40. The quantitative estimate of drug-likeness (QED) is 0.753. The van der Waals surface area contributed by atoms with Crippen molar-refractivity contribution >= 4 is 11.9 Å². The topological polar surface area (TPSA) is 58.1 Å². The molecule has 3 rings (SSSR count). The van der Waals surface area contributed by atoms with Crippen LogP contribution in [0.1, 0.15) is 44.6 Å². The molecule has 0 unspecified atom stereocenters. The highest BCUT2D eigenvalue weighted by Crippen LogP contribution is 2.23. The maximum absolute atomic E-state index is 12.3. The predicted octanol–water partition coefficient (Wildman–Crippen LogP) is 3.97. The number of nitrogens with one attached hydrogen (secondary N) is 1. The second kappa shape index (κ2) is 9.49. The van der Waals surface area contributed by atoms with Crippen molar-refractivity contribution in [1.29, 1.82) is 0 Å². The number of hydrogen-bond donors (Lipinski definition) is 1. The minimum absolute atomic E-state index is 0.120. The standard InChI is InChI=1S/C22H30N4O/c1-3-4-5-11-23-21(27)18-9-12-26(13-10-18)22-24-15-20(16-25-22)19-8-6-7-17(2)14-19/h6-8,14-16,18H,3-5,9-13H2,1-2H3,(H,23,27). The van der Waals surface area contributed by atoms with Crippen molar-refractivity contribution in [2.45, 2.75) is 46.0 Å². The fraction of sp³-hybridized carbons (Fsp3) is 0.500. The maximum Gasteiger partial charge on any atom is 0.225 e. The highest BCUT2D eigenvalue weighted by atomic mass is 16.1. The van der Waals surface area contributed by atoms with E-state index >= 15 is 0 Å². The minimum Gasteiger partial charge on any atom is -0.356 e. The van der Waals surface area contributed by atoms with Gasteiger partial charge < -0.3 is 10.2 Å². The van der Waals surface area contributed by atoms with Gasteiger partial charge in [-0.2, -0.15) is 0 Å². The molecule has 0 spiro atoms. The van der Waals surface area contributed by atoms with Crippen molar-refractivity contribution in [3.63, 3.8) is 0 Å². The highest BCUT2D eigenvalue weighted by molar-refractivity contribution is 5.78. The average Bonchev–Trinajstić information content (AvgIpc) is 2.71. The lowest BCUT2D eigenvalue weighted by atomic mass is 9.96. The summed E-state index contributed by atoms with van der Waals surface area (Å²) in [5.41, 5.74) is 3.40. The Kier molecular flexibility index (Phi) is 6.80. The Hall–Kier alpha value is -2.43. The predicted molar refractivity (Wildman–Crippen MR) is 110 cm³/mol. The van der Waals surface area contributed by atoms with Gasteiger partial charge in [-0.25, -0.2) is 9.97 Å². The van der Waals surface area contributed by atoms with Crippen molar-refractivity contribution in [3.8, 4) is 11.1 Å². The van der Waals surface area contributed by atoms with E-state index in [0.717, 1.165) is 56.0 Å². The first-order chi connectivity index (χ1) is 13.2. The molecule has 27 heavy (non-hydrogen) atoms. The van der Waals surface area contributed by atoms with Gasteiger partial charge in [0.25, 0.3) is 0 Å². The Morgan fingerprint density at radius 2 is 1.89 bits per heavy atom. The van der Waals surface area contributed by atoms with Crippen molar-refractivity contribution in [1.82, 2.24) is 15.3 Å². The first-order valence-electron chi connectivity index (χ1n) is 10.1. The van der Waals surface area contributed by atoms with E-state index in [1.807, 2.05) is 12.4 Å². The lowest BCUT2D eigenvalue weighted by molar-refractivity contribution is -0.125. The fourth-order valence-electron chi connectivity index (χ4n) is 3.53. The van der Waals surface area contributed by atoms with Crippen molar-refractivity contribution in [2.24, 2.45) is 5.92 Å². The van der Waals surface area contributed by atoms with E-state index in [9.17, 15) is 4.79 Å². The van der Waals surface area contributed by atoms with Gasteiger partial charge in [-0.05, 0) is 31.7 Å². The van der Waals surface area contributed by atoms with Crippen LogP contribution in [0.15, 0.2) is 36.7 Å². The van der Waals surface area contributed by atoms with Gasteiger partial charge in [0.2, 0.25) is 11.9 Å². The summed E-state index contributed by atoms with van der Waals surface area (Å²) in [7, 11) is 0. The first-order valence-corrected chi connectivity index (χ1v) is 10.1. The number of aryl methyl sites for hydroxylation is 1. The molecule has 0 bridgehead atoms. The second-order valence-electron chi connectivity index (χ2n) is 7.40. The molecule has 0 atom stereocenters. The molecular formula is C22H30N4O. The van der Waals surface area contributed by atoms with Crippen LogP contribution in [0.4, 0.5) is 5.95 Å². The van der Waals surface area contributed by atoms with E-state index < -0.39 is 0 Å².